The van der Waals surface area contributed by atoms with Crippen molar-refractivity contribution in [3.8, 4) is 5.75 Å². The number of phenols is 1. The minimum absolute atomic E-state index is 0.103. The predicted molar refractivity (Wildman–Crippen MR) is 58.5 cm³/mol. The molecule has 0 unspecified atom stereocenters. The molecule has 3 nitrogen and oxygen atoms in total. The van der Waals surface area contributed by atoms with E-state index in [0.717, 1.165) is 5.56 Å². The number of benzene rings is 1. The fourth-order valence-corrected chi connectivity index (χ4v) is 1.21. The number of aromatic hydroxyl groups is 1. The zero-order valence-corrected chi connectivity index (χ0v) is 8.91. The van der Waals surface area contributed by atoms with Gasteiger partial charge in [-0.1, -0.05) is 18.7 Å². The van der Waals surface area contributed by atoms with Crippen molar-refractivity contribution in [3.63, 3.8) is 0 Å². The fraction of sp³-hybridized carbons (Fsp3) is 0.250. The molecule has 1 rings (SSSR count). The zero-order chi connectivity index (χ0) is 11.4. The van der Waals surface area contributed by atoms with Gasteiger partial charge in [-0.05, 0) is 24.1 Å². The Kier molecular flexibility index (Phi) is 3.50. The number of hydrogen-bond donors (Lipinski definition) is 1. The summed E-state index contributed by atoms with van der Waals surface area (Å²) in [6.07, 6.45) is 0. The van der Waals surface area contributed by atoms with E-state index in [-0.39, 0.29) is 18.3 Å². The number of esters is 1. The molecule has 0 amide bonds. The molecule has 1 aromatic rings. The molecule has 3 heteroatoms. The van der Waals surface area contributed by atoms with Crippen LogP contribution >= 0.6 is 0 Å². The van der Waals surface area contributed by atoms with Gasteiger partial charge in [-0.25, -0.2) is 0 Å². The van der Waals surface area contributed by atoms with Crippen molar-refractivity contribution in [2.45, 2.75) is 13.8 Å². The highest BCUT2D eigenvalue weighted by Crippen LogP contribution is 2.25. The first-order chi connectivity index (χ1) is 7.00. The molecule has 0 heterocycles. The Hall–Kier alpha value is -1.77. The van der Waals surface area contributed by atoms with Crippen molar-refractivity contribution in [3.05, 3.63) is 35.9 Å². The lowest BCUT2D eigenvalue weighted by Gasteiger charge is -2.08. The van der Waals surface area contributed by atoms with E-state index in [0.29, 0.717) is 11.1 Å². The zero-order valence-electron chi connectivity index (χ0n) is 8.91. The molecule has 1 aromatic carbocycles. The first-order valence-electron chi connectivity index (χ1n) is 4.62. The van der Waals surface area contributed by atoms with Crippen molar-refractivity contribution >= 4 is 11.5 Å². The molecule has 0 radical (unpaired) electrons. The van der Waals surface area contributed by atoms with E-state index in [2.05, 4.69) is 6.58 Å². The molecule has 1 N–H and O–H groups in total. The summed E-state index contributed by atoms with van der Waals surface area (Å²) in [5.74, 6) is -0.199. The van der Waals surface area contributed by atoms with Crippen molar-refractivity contribution in [1.29, 1.82) is 0 Å². The second-order valence-electron chi connectivity index (χ2n) is 3.40. The predicted octanol–water partition coefficient (Wildman–Crippen LogP) is 2.28. The summed E-state index contributed by atoms with van der Waals surface area (Å²) in [6.45, 7) is 7.08. The molecule has 0 spiro atoms. The molecule has 80 valence electrons. The number of phenolic OH excluding ortho intramolecular Hbond substituents is 1. The third-order valence-electron chi connectivity index (χ3n) is 1.98. The normalized spacial score (nSPS) is 9.73. The summed E-state index contributed by atoms with van der Waals surface area (Å²) < 4.78 is 4.79. The Balaban J connectivity index is 2.78. The number of ether oxygens (including phenoxy) is 1. The van der Waals surface area contributed by atoms with Crippen molar-refractivity contribution in [2.75, 3.05) is 6.61 Å². The van der Waals surface area contributed by atoms with Crippen molar-refractivity contribution in [2.24, 2.45) is 0 Å². The molecule has 0 saturated carbocycles. The van der Waals surface area contributed by atoms with Gasteiger partial charge in [-0.3, -0.25) is 4.79 Å². The smallest absolute Gasteiger partial charge is 0.302 e. The second kappa shape index (κ2) is 4.64. The molecular weight excluding hydrogens is 192 g/mol. The Labute approximate surface area is 89.0 Å². The van der Waals surface area contributed by atoms with Gasteiger partial charge in [0.1, 0.15) is 12.4 Å². The number of carbonyl (C=O) groups is 1. The Morgan fingerprint density at radius 3 is 2.73 bits per heavy atom. The van der Waals surface area contributed by atoms with Gasteiger partial charge >= 0.3 is 5.97 Å². The van der Waals surface area contributed by atoms with Gasteiger partial charge in [-0.15, -0.1) is 0 Å². The van der Waals surface area contributed by atoms with E-state index in [4.69, 9.17) is 4.74 Å². The van der Waals surface area contributed by atoms with Gasteiger partial charge < -0.3 is 9.84 Å². The largest absolute Gasteiger partial charge is 0.507 e. The molecule has 0 aliphatic carbocycles. The lowest BCUT2D eigenvalue weighted by atomic mass is 10.1. The van der Waals surface area contributed by atoms with Crippen LogP contribution in [0.1, 0.15) is 18.1 Å². The standard InChI is InChI=1S/C12H14O3/c1-8-4-5-11(12(14)6-8)9(2)7-15-10(3)13/h4-6,14H,2,7H2,1,3H3. The maximum Gasteiger partial charge on any atom is 0.302 e. The minimum atomic E-state index is -0.359. The van der Waals surface area contributed by atoms with E-state index in [1.165, 1.54) is 6.92 Å². The molecule has 0 saturated heterocycles. The molecule has 0 aliphatic heterocycles. The molecule has 15 heavy (non-hydrogen) atoms. The average molecular weight is 206 g/mol. The van der Waals surface area contributed by atoms with Crippen LogP contribution in [0.4, 0.5) is 0 Å². The maximum atomic E-state index is 10.6. The Bertz CT molecular complexity index is 394. The van der Waals surface area contributed by atoms with Crippen LogP contribution in [0.2, 0.25) is 0 Å². The monoisotopic (exact) mass is 206 g/mol. The van der Waals surface area contributed by atoms with Crippen LogP contribution in [0.3, 0.4) is 0 Å². The third kappa shape index (κ3) is 3.13. The quantitative estimate of drug-likeness (QED) is 0.772. The highest BCUT2D eigenvalue weighted by Gasteiger charge is 2.06. The average Bonchev–Trinajstić information content (AvgIpc) is 2.14. The topological polar surface area (TPSA) is 46.5 Å². The maximum absolute atomic E-state index is 10.6. The van der Waals surface area contributed by atoms with Gasteiger partial charge in [0.15, 0.2) is 0 Å². The lowest BCUT2D eigenvalue weighted by molar-refractivity contribution is -0.139. The van der Waals surface area contributed by atoms with E-state index in [1.807, 2.05) is 13.0 Å². The molecule has 0 aromatic heterocycles. The molecular formula is C12H14O3. The van der Waals surface area contributed by atoms with E-state index < -0.39 is 0 Å². The van der Waals surface area contributed by atoms with Crippen LogP contribution < -0.4 is 0 Å². The number of carbonyl (C=O) groups excluding carboxylic acids is 1. The van der Waals surface area contributed by atoms with Crippen LogP contribution in [0.5, 0.6) is 5.75 Å². The van der Waals surface area contributed by atoms with E-state index in [1.54, 1.807) is 12.1 Å². The van der Waals surface area contributed by atoms with Gasteiger partial charge in [-0.2, -0.15) is 0 Å². The summed E-state index contributed by atoms with van der Waals surface area (Å²) in [5, 5.41) is 9.63. The summed E-state index contributed by atoms with van der Waals surface area (Å²) in [7, 11) is 0. The first-order valence-corrected chi connectivity index (χ1v) is 4.62. The van der Waals surface area contributed by atoms with Gasteiger partial charge in [0.25, 0.3) is 0 Å². The number of rotatable bonds is 3. The van der Waals surface area contributed by atoms with Crippen LogP contribution in [-0.4, -0.2) is 17.7 Å². The van der Waals surface area contributed by atoms with Crippen molar-refractivity contribution in [1.82, 2.24) is 0 Å². The van der Waals surface area contributed by atoms with Gasteiger partial charge in [0.05, 0.1) is 0 Å². The third-order valence-corrected chi connectivity index (χ3v) is 1.98. The molecule has 0 fully saturated rings. The van der Waals surface area contributed by atoms with Crippen LogP contribution in [-0.2, 0) is 9.53 Å². The minimum Gasteiger partial charge on any atom is -0.507 e. The molecule has 0 aliphatic rings. The van der Waals surface area contributed by atoms with Crippen LogP contribution in [0.15, 0.2) is 24.8 Å². The number of aryl methyl sites for hydroxylation is 1. The molecule has 0 atom stereocenters. The Morgan fingerprint density at radius 2 is 2.20 bits per heavy atom. The summed E-state index contributed by atoms with van der Waals surface area (Å²) >= 11 is 0. The Morgan fingerprint density at radius 1 is 1.53 bits per heavy atom. The van der Waals surface area contributed by atoms with Crippen LogP contribution in [0.25, 0.3) is 5.57 Å². The van der Waals surface area contributed by atoms with Crippen LogP contribution in [0, 0.1) is 6.92 Å². The second-order valence-corrected chi connectivity index (χ2v) is 3.40. The fourth-order valence-electron chi connectivity index (χ4n) is 1.21. The highest BCUT2D eigenvalue weighted by atomic mass is 16.5. The summed E-state index contributed by atoms with van der Waals surface area (Å²) in [5.41, 5.74) is 2.17. The van der Waals surface area contributed by atoms with E-state index >= 15 is 0 Å². The van der Waals surface area contributed by atoms with Gasteiger partial charge in [0.2, 0.25) is 0 Å². The lowest BCUT2D eigenvalue weighted by Crippen LogP contribution is -2.02. The SMILES string of the molecule is C=C(COC(C)=O)c1ccc(C)cc1O. The van der Waals surface area contributed by atoms with E-state index in [9.17, 15) is 9.90 Å². The first kappa shape index (κ1) is 11.3. The number of hydrogen-bond acceptors (Lipinski definition) is 3. The highest BCUT2D eigenvalue weighted by molar-refractivity contribution is 5.72. The van der Waals surface area contributed by atoms with Crippen molar-refractivity contribution < 1.29 is 14.6 Å². The summed E-state index contributed by atoms with van der Waals surface area (Å²) in [6, 6.07) is 5.28. The molecule has 0 bridgehead atoms. The van der Waals surface area contributed by atoms with Gasteiger partial charge in [0, 0.05) is 12.5 Å². The summed E-state index contributed by atoms with van der Waals surface area (Å²) in [4.78, 5) is 10.6.